The Hall–Kier alpha value is -1.26. The van der Waals surface area contributed by atoms with Gasteiger partial charge in [-0.2, -0.15) is 0 Å². The molecule has 1 N–H and O–H groups in total. The quantitative estimate of drug-likeness (QED) is 0.342. The Kier molecular flexibility index (Phi) is 14.3. The third kappa shape index (κ3) is 18.9. The lowest BCUT2D eigenvalue weighted by Crippen LogP contribution is -2.30. The molecule has 0 saturated carbocycles. The lowest BCUT2D eigenvalue weighted by Gasteiger charge is -2.17. The summed E-state index contributed by atoms with van der Waals surface area (Å²) in [4.78, 5) is 23.0. The van der Waals surface area contributed by atoms with Crippen LogP contribution in [0.1, 0.15) is 91.9 Å². The Morgan fingerprint density at radius 2 is 1.40 bits per heavy atom. The van der Waals surface area contributed by atoms with Crippen LogP contribution < -0.4 is 5.32 Å². The number of amides is 1. The van der Waals surface area contributed by atoms with Gasteiger partial charge in [-0.1, -0.05) is 79.1 Å². The van der Waals surface area contributed by atoms with Crippen molar-refractivity contribution >= 4 is 12.1 Å². The van der Waals surface area contributed by atoms with Gasteiger partial charge in [0.15, 0.2) is 0 Å². The summed E-state index contributed by atoms with van der Waals surface area (Å²) in [6.07, 6.45) is 10.9. The maximum absolute atomic E-state index is 11.6. The first-order valence-electron chi connectivity index (χ1n) is 9.91. The predicted molar refractivity (Wildman–Crippen MR) is 102 cm³/mol. The monoisotopic (exact) mass is 357 g/mol. The van der Waals surface area contributed by atoms with Crippen molar-refractivity contribution in [2.45, 2.75) is 91.9 Å². The molecule has 0 bridgehead atoms. The van der Waals surface area contributed by atoms with E-state index in [4.69, 9.17) is 9.47 Å². The zero-order valence-corrected chi connectivity index (χ0v) is 16.8. The lowest BCUT2D eigenvalue weighted by atomic mass is 9.99. The van der Waals surface area contributed by atoms with Crippen LogP contribution in [0.2, 0.25) is 0 Å². The second-order valence-corrected chi connectivity index (χ2v) is 7.86. The van der Waals surface area contributed by atoms with Crippen LogP contribution in [0.4, 0.5) is 4.79 Å². The van der Waals surface area contributed by atoms with Gasteiger partial charge in [-0.25, -0.2) is 4.79 Å². The second kappa shape index (κ2) is 15.0. The van der Waals surface area contributed by atoms with Gasteiger partial charge in [0.05, 0.1) is 19.6 Å². The van der Waals surface area contributed by atoms with Gasteiger partial charge in [0, 0.05) is 6.54 Å². The Morgan fingerprint density at radius 1 is 0.840 bits per heavy atom. The molecule has 1 amide bonds. The highest BCUT2D eigenvalue weighted by molar-refractivity contribution is 5.71. The lowest BCUT2D eigenvalue weighted by molar-refractivity contribution is -0.143. The van der Waals surface area contributed by atoms with Crippen LogP contribution in [-0.4, -0.2) is 31.8 Å². The third-order valence-electron chi connectivity index (χ3n) is 3.75. The van der Waals surface area contributed by atoms with Crippen LogP contribution in [0.3, 0.4) is 0 Å². The molecule has 25 heavy (non-hydrogen) atoms. The predicted octanol–water partition coefficient (Wildman–Crippen LogP) is 5.22. The van der Waals surface area contributed by atoms with E-state index in [0.717, 1.165) is 12.8 Å². The van der Waals surface area contributed by atoms with Gasteiger partial charge in [-0.3, -0.25) is 4.79 Å². The minimum atomic E-state index is -0.485. The molecular formula is C20H39NO4. The zero-order valence-electron chi connectivity index (χ0n) is 16.8. The highest BCUT2D eigenvalue weighted by atomic mass is 16.5. The van der Waals surface area contributed by atoms with E-state index in [0.29, 0.717) is 13.2 Å². The summed E-state index contributed by atoms with van der Waals surface area (Å²) in [5.41, 5.74) is -0.0637. The summed E-state index contributed by atoms with van der Waals surface area (Å²) in [6, 6.07) is 0. The average molecular weight is 358 g/mol. The first-order chi connectivity index (χ1) is 11.8. The molecule has 0 aromatic rings. The molecule has 0 radical (unpaired) electrons. The summed E-state index contributed by atoms with van der Waals surface area (Å²) in [5.74, 6) is -0.268. The van der Waals surface area contributed by atoms with E-state index in [1.54, 1.807) is 0 Å². The second-order valence-electron chi connectivity index (χ2n) is 7.86. The Morgan fingerprint density at radius 3 is 1.96 bits per heavy atom. The molecule has 5 nitrogen and oxygen atoms in total. The molecule has 0 aliphatic rings. The Bertz CT molecular complexity index is 350. The first kappa shape index (κ1) is 23.7. The van der Waals surface area contributed by atoms with Crippen LogP contribution in [0.15, 0.2) is 0 Å². The smallest absolute Gasteiger partial charge is 0.407 e. The van der Waals surface area contributed by atoms with Crippen molar-refractivity contribution in [3.63, 3.8) is 0 Å². The topological polar surface area (TPSA) is 64.6 Å². The number of nitrogens with one attached hydrogen (secondary N) is 1. The van der Waals surface area contributed by atoms with Crippen LogP contribution in [0.25, 0.3) is 0 Å². The zero-order chi connectivity index (χ0) is 19.0. The molecule has 0 unspecified atom stereocenters. The van der Waals surface area contributed by atoms with Gasteiger partial charge in [0.1, 0.15) is 0 Å². The summed E-state index contributed by atoms with van der Waals surface area (Å²) >= 11 is 0. The minimum Gasteiger partial charge on any atom is -0.466 e. The van der Waals surface area contributed by atoms with Crippen LogP contribution in [0.5, 0.6) is 0 Å². The van der Waals surface area contributed by atoms with E-state index in [1.165, 1.54) is 44.9 Å². The maximum Gasteiger partial charge on any atom is 0.407 e. The third-order valence-corrected chi connectivity index (χ3v) is 3.75. The SMILES string of the molecule is CCCCCCCCCCCOC(=O)CCNC(=O)OCC(C)(C)C. The average Bonchev–Trinajstić information content (AvgIpc) is 2.54. The van der Waals surface area contributed by atoms with Gasteiger partial charge in [-0.15, -0.1) is 0 Å². The number of esters is 1. The van der Waals surface area contributed by atoms with Crippen molar-refractivity contribution < 1.29 is 19.1 Å². The van der Waals surface area contributed by atoms with E-state index >= 15 is 0 Å². The number of unbranched alkanes of at least 4 members (excludes halogenated alkanes) is 8. The number of ether oxygens (including phenoxy) is 2. The largest absolute Gasteiger partial charge is 0.466 e. The fourth-order valence-electron chi connectivity index (χ4n) is 2.27. The number of carbonyl (C=O) groups is 2. The molecule has 148 valence electrons. The van der Waals surface area contributed by atoms with Gasteiger partial charge in [0.25, 0.3) is 0 Å². The molecule has 0 aliphatic carbocycles. The minimum absolute atomic E-state index is 0.0637. The fourth-order valence-corrected chi connectivity index (χ4v) is 2.27. The van der Waals surface area contributed by atoms with Crippen molar-refractivity contribution in [2.75, 3.05) is 19.8 Å². The van der Waals surface area contributed by atoms with Crippen molar-refractivity contribution in [2.24, 2.45) is 5.41 Å². The van der Waals surface area contributed by atoms with Gasteiger partial charge >= 0.3 is 12.1 Å². The molecule has 0 rings (SSSR count). The Balaban J connectivity index is 3.37. The van der Waals surface area contributed by atoms with Crippen molar-refractivity contribution in [1.29, 1.82) is 0 Å². The molecule has 0 saturated heterocycles. The van der Waals surface area contributed by atoms with Gasteiger partial charge in [0.2, 0.25) is 0 Å². The molecular weight excluding hydrogens is 318 g/mol. The highest BCUT2D eigenvalue weighted by Crippen LogP contribution is 2.12. The number of rotatable bonds is 14. The molecule has 0 aliphatic heterocycles. The summed E-state index contributed by atoms with van der Waals surface area (Å²) < 4.78 is 10.2. The molecule has 0 atom stereocenters. The molecule has 0 heterocycles. The van der Waals surface area contributed by atoms with Gasteiger partial charge < -0.3 is 14.8 Å². The number of hydrogen-bond acceptors (Lipinski definition) is 4. The van der Waals surface area contributed by atoms with E-state index in [2.05, 4.69) is 12.2 Å². The summed E-state index contributed by atoms with van der Waals surface area (Å²) in [5, 5.41) is 2.56. The fraction of sp³-hybridized carbons (Fsp3) is 0.900. The highest BCUT2D eigenvalue weighted by Gasteiger charge is 2.13. The van der Waals surface area contributed by atoms with E-state index in [1.807, 2.05) is 20.8 Å². The van der Waals surface area contributed by atoms with E-state index in [-0.39, 0.29) is 24.3 Å². The summed E-state index contributed by atoms with van der Waals surface area (Å²) in [7, 11) is 0. The summed E-state index contributed by atoms with van der Waals surface area (Å²) in [6.45, 7) is 9.28. The standard InChI is InChI=1S/C20H39NO4/c1-5-6-7-8-9-10-11-12-13-16-24-18(22)14-15-21-19(23)25-17-20(2,3)4/h5-17H2,1-4H3,(H,21,23). The molecule has 5 heteroatoms. The van der Waals surface area contributed by atoms with Crippen LogP contribution in [-0.2, 0) is 14.3 Å². The van der Waals surface area contributed by atoms with E-state index < -0.39 is 6.09 Å². The molecule has 0 spiro atoms. The van der Waals surface area contributed by atoms with Crippen molar-refractivity contribution in [3.05, 3.63) is 0 Å². The molecule has 0 fully saturated rings. The molecule has 0 aromatic carbocycles. The van der Waals surface area contributed by atoms with Gasteiger partial charge in [-0.05, 0) is 11.8 Å². The Labute approximate surface area is 154 Å². The van der Waals surface area contributed by atoms with Crippen molar-refractivity contribution in [1.82, 2.24) is 5.32 Å². The number of hydrogen-bond donors (Lipinski definition) is 1. The first-order valence-corrected chi connectivity index (χ1v) is 9.91. The van der Waals surface area contributed by atoms with Crippen LogP contribution in [0, 0.1) is 5.41 Å². The van der Waals surface area contributed by atoms with Crippen LogP contribution >= 0.6 is 0 Å². The van der Waals surface area contributed by atoms with Crippen molar-refractivity contribution in [3.8, 4) is 0 Å². The normalized spacial score (nSPS) is 11.2. The number of carbonyl (C=O) groups excluding carboxylic acids is 2. The molecule has 0 aromatic heterocycles. The maximum atomic E-state index is 11.6. The number of alkyl carbamates (subject to hydrolysis) is 1. The van der Waals surface area contributed by atoms with E-state index in [9.17, 15) is 9.59 Å².